The van der Waals surface area contributed by atoms with Gasteiger partial charge in [-0.05, 0) is 19.4 Å². The number of carbonyl (C=O) groups is 1. The Balaban J connectivity index is 2.52. The molecule has 2 heterocycles. The zero-order valence-electron chi connectivity index (χ0n) is 11.9. The highest BCUT2D eigenvalue weighted by Crippen LogP contribution is 2.28. The van der Waals surface area contributed by atoms with Crippen LogP contribution in [0.25, 0.3) is 10.2 Å². The molecule has 0 aliphatic carbocycles. The van der Waals surface area contributed by atoms with Crippen LogP contribution in [0.2, 0.25) is 0 Å². The number of carboxylic acid groups (broad SMARTS) is 1. The quantitative estimate of drug-likeness (QED) is 0.502. The predicted octanol–water partition coefficient (Wildman–Crippen LogP) is 2.83. The van der Waals surface area contributed by atoms with Crippen LogP contribution in [0.3, 0.4) is 0 Å². The summed E-state index contributed by atoms with van der Waals surface area (Å²) in [6.45, 7) is 7.92. The van der Waals surface area contributed by atoms with Crippen LogP contribution in [0.1, 0.15) is 16.9 Å². The summed E-state index contributed by atoms with van der Waals surface area (Å²) in [4.78, 5) is 29.6. The second-order valence-electron chi connectivity index (χ2n) is 4.55. The number of hydrogen-bond acceptors (Lipinski definition) is 5. The normalized spacial score (nSPS) is 11.0. The van der Waals surface area contributed by atoms with Gasteiger partial charge in [0.1, 0.15) is 4.83 Å². The second kappa shape index (κ2) is 6.44. The average molecular weight is 324 g/mol. The van der Waals surface area contributed by atoms with Gasteiger partial charge in [-0.3, -0.25) is 14.2 Å². The molecule has 0 amide bonds. The first-order valence-corrected chi connectivity index (χ1v) is 8.22. The Morgan fingerprint density at radius 2 is 2.24 bits per heavy atom. The standard InChI is InChI=1S/C14H16N2O3S2/c1-4-6-16-13(19)11-8(2)9(3)21-12(11)15-14(16)20-7-5-10(17)18/h4H,1,5-7H2,2-3H3,(H,17,18). The highest BCUT2D eigenvalue weighted by Gasteiger charge is 2.16. The van der Waals surface area contributed by atoms with E-state index >= 15 is 0 Å². The van der Waals surface area contributed by atoms with Gasteiger partial charge in [-0.1, -0.05) is 17.8 Å². The Labute approximate surface area is 130 Å². The molecule has 2 rings (SSSR count). The van der Waals surface area contributed by atoms with Gasteiger partial charge in [-0.25, -0.2) is 4.98 Å². The third kappa shape index (κ3) is 3.19. The molecule has 112 valence electrons. The SMILES string of the molecule is C=CCn1c(SCCC(=O)O)nc2sc(C)c(C)c2c1=O. The molecule has 1 N–H and O–H groups in total. The van der Waals surface area contributed by atoms with E-state index in [4.69, 9.17) is 5.11 Å². The number of carboxylic acids is 1. The lowest BCUT2D eigenvalue weighted by Gasteiger charge is -2.09. The molecular formula is C14H16N2O3S2. The van der Waals surface area contributed by atoms with Crippen molar-refractivity contribution in [2.75, 3.05) is 5.75 Å². The van der Waals surface area contributed by atoms with Gasteiger partial charge >= 0.3 is 5.97 Å². The number of thioether (sulfide) groups is 1. The largest absolute Gasteiger partial charge is 0.481 e. The van der Waals surface area contributed by atoms with E-state index in [1.54, 1.807) is 10.6 Å². The summed E-state index contributed by atoms with van der Waals surface area (Å²) in [7, 11) is 0. The first kappa shape index (κ1) is 15.8. The molecule has 0 atom stereocenters. The van der Waals surface area contributed by atoms with Gasteiger partial charge < -0.3 is 5.11 Å². The van der Waals surface area contributed by atoms with Crippen molar-refractivity contribution >= 4 is 39.3 Å². The Morgan fingerprint density at radius 3 is 2.86 bits per heavy atom. The predicted molar refractivity (Wildman–Crippen MR) is 86.5 cm³/mol. The number of nitrogens with zero attached hydrogens (tertiary/aromatic N) is 2. The number of aromatic nitrogens is 2. The monoisotopic (exact) mass is 324 g/mol. The van der Waals surface area contributed by atoms with Crippen LogP contribution in [0.4, 0.5) is 0 Å². The first-order chi connectivity index (χ1) is 9.95. The lowest BCUT2D eigenvalue weighted by molar-refractivity contribution is -0.136. The van der Waals surface area contributed by atoms with E-state index in [0.29, 0.717) is 27.7 Å². The number of rotatable bonds is 6. The van der Waals surface area contributed by atoms with Gasteiger partial charge in [0.05, 0.1) is 11.8 Å². The molecule has 0 radical (unpaired) electrons. The fourth-order valence-electron chi connectivity index (χ4n) is 1.94. The maximum atomic E-state index is 12.6. The summed E-state index contributed by atoms with van der Waals surface area (Å²) >= 11 is 2.78. The average Bonchev–Trinajstić information content (AvgIpc) is 2.69. The summed E-state index contributed by atoms with van der Waals surface area (Å²) in [6.07, 6.45) is 1.68. The van der Waals surface area contributed by atoms with Crippen molar-refractivity contribution in [1.29, 1.82) is 0 Å². The van der Waals surface area contributed by atoms with E-state index in [9.17, 15) is 9.59 Å². The van der Waals surface area contributed by atoms with Crippen LogP contribution in [0.5, 0.6) is 0 Å². The van der Waals surface area contributed by atoms with Crippen LogP contribution >= 0.6 is 23.1 Å². The fourth-order valence-corrected chi connectivity index (χ4v) is 3.94. The molecular weight excluding hydrogens is 308 g/mol. The fraction of sp³-hybridized carbons (Fsp3) is 0.357. The third-order valence-electron chi connectivity index (χ3n) is 3.11. The summed E-state index contributed by atoms with van der Waals surface area (Å²) < 4.78 is 1.56. The Bertz CT molecular complexity index is 762. The van der Waals surface area contributed by atoms with Crippen molar-refractivity contribution in [3.63, 3.8) is 0 Å². The number of hydrogen-bond donors (Lipinski definition) is 1. The summed E-state index contributed by atoms with van der Waals surface area (Å²) in [5.41, 5.74) is 0.881. The Hall–Kier alpha value is -1.60. The smallest absolute Gasteiger partial charge is 0.304 e. The molecule has 0 fully saturated rings. The molecule has 0 unspecified atom stereocenters. The molecule has 2 aromatic rings. The zero-order valence-corrected chi connectivity index (χ0v) is 13.5. The van der Waals surface area contributed by atoms with Crippen molar-refractivity contribution in [2.24, 2.45) is 0 Å². The van der Waals surface area contributed by atoms with E-state index in [0.717, 1.165) is 10.4 Å². The van der Waals surface area contributed by atoms with Gasteiger partial charge in [0.15, 0.2) is 5.16 Å². The lowest BCUT2D eigenvalue weighted by Crippen LogP contribution is -2.22. The van der Waals surface area contributed by atoms with Crippen LogP contribution in [0, 0.1) is 13.8 Å². The van der Waals surface area contributed by atoms with Gasteiger partial charge in [-0.15, -0.1) is 17.9 Å². The van der Waals surface area contributed by atoms with Crippen LogP contribution in [-0.4, -0.2) is 26.4 Å². The molecule has 0 aliphatic rings. The molecule has 5 nitrogen and oxygen atoms in total. The van der Waals surface area contributed by atoms with Crippen molar-refractivity contribution in [3.8, 4) is 0 Å². The van der Waals surface area contributed by atoms with Gasteiger partial charge in [0, 0.05) is 17.2 Å². The Kier molecular flexibility index (Phi) is 4.84. The van der Waals surface area contributed by atoms with E-state index in [1.165, 1.54) is 23.1 Å². The molecule has 0 aliphatic heterocycles. The van der Waals surface area contributed by atoms with Crippen LogP contribution < -0.4 is 5.56 Å². The van der Waals surface area contributed by atoms with E-state index in [-0.39, 0.29) is 12.0 Å². The number of fused-ring (bicyclic) bond motifs is 1. The maximum Gasteiger partial charge on any atom is 0.304 e. The molecule has 0 aromatic carbocycles. The first-order valence-electron chi connectivity index (χ1n) is 6.41. The molecule has 7 heteroatoms. The maximum absolute atomic E-state index is 12.6. The lowest BCUT2D eigenvalue weighted by atomic mass is 10.2. The summed E-state index contributed by atoms with van der Waals surface area (Å²) in [5.74, 6) is -0.475. The van der Waals surface area contributed by atoms with Gasteiger partial charge in [-0.2, -0.15) is 0 Å². The summed E-state index contributed by atoms with van der Waals surface area (Å²) in [6, 6.07) is 0. The molecule has 21 heavy (non-hydrogen) atoms. The third-order valence-corrected chi connectivity index (χ3v) is 5.19. The minimum absolute atomic E-state index is 0.0369. The van der Waals surface area contributed by atoms with E-state index < -0.39 is 5.97 Å². The highest BCUT2D eigenvalue weighted by atomic mass is 32.2. The minimum Gasteiger partial charge on any atom is -0.481 e. The molecule has 0 saturated heterocycles. The molecule has 0 spiro atoms. The second-order valence-corrected chi connectivity index (χ2v) is 6.82. The number of aliphatic carboxylic acids is 1. The number of aryl methyl sites for hydroxylation is 2. The van der Waals surface area contributed by atoms with Crippen LogP contribution in [-0.2, 0) is 11.3 Å². The van der Waals surface area contributed by atoms with Crippen molar-refractivity contribution in [2.45, 2.75) is 32.0 Å². The molecule has 0 bridgehead atoms. The molecule has 0 saturated carbocycles. The minimum atomic E-state index is -0.857. The molecule has 2 aromatic heterocycles. The Morgan fingerprint density at radius 1 is 1.52 bits per heavy atom. The van der Waals surface area contributed by atoms with E-state index in [2.05, 4.69) is 11.6 Å². The van der Waals surface area contributed by atoms with Crippen molar-refractivity contribution in [1.82, 2.24) is 9.55 Å². The topological polar surface area (TPSA) is 72.2 Å². The van der Waals surface area contributed by atoms with Crippen molar-refractivity contribution in [3.05, 3.63) is 33.4 Å². The van der Waals surface area contributed by atoms with E-state index in [1.807, 2.05) is 13.8 Å². The van der Waals surface area contributed by atoms with Gasteiger partial charge in [0.2, 0.25) is 0 Å². The number of thiophene rings is 1. The van der Waals surface area contributed by atoms with Crippen molar-refractivity contribution < 1.29 is 9.90 Å². The highest BCUT2D eigenvalue weighted by molar-refractivity contribution is 7.99. The summed E-state index contributed by atoms with van der Waals surface area (Å²) in [5, 5.41) is 9.92. The van der Waals surface area contributed by atoms with Crippen LogP contribution in [0.15, 0.2) is 22.6 Å². The zero-order chi connectivity index (χ0) is 15.6. The number of allylic oxidation sites excluding steroid dienone is 1. The van der Waals surface area contributed by atoms with Gasteiger partial charge in [0.25, 0.3) is 5.56 Å².